The monoisotopic (exact) mass is 275 g/mol. The van der Waals surface area contributed by atoms with Gasteiger partial charge in [0.2, 0.25) is 0 Å². The summed E-state index contributed by atoms with van der Waals surface area (Å²) in [4.78, 5) is 0. The standard InChI is InChI=1S/C16H18ClNO/c1-12-8-15(17)7-6-14(12)10-18-16-5-3-4-13(9-16)11-19-2/h3-9,18H,10-11H2,1-2H3. The van der Waals surface area contributed by atoms with Crippen molar-refractivity contribution in [3.63, 3.8) is 0 Å². The van der Waals surface area contributed by atoms with Crippen molar-refractivity contribution < 1.29 is 4.74 Å². The minimum Gasteiger partial charge on any atom is -0.381 e. The highest BCUT2D eigenvalue weighted by Gasteiger charge is 2.00. The lowest BCUT2D eigenvalue weighted by Crippen LogP contribution is -2.01. The smallest absolute Gasteiger partial charge is 0.0713 e. The Morgan fingerprint density at radius 2 is 2.00 bits per heavy atom. The van der Waals surface area contributed by atoms with E-state index in [2.05, 4.69) is 36.5 Å². The minimum atomic E-state index is 0.634. The number of methoxy groups -OCH3 is 1. The first kappa shape index (κ1) is 13.9. The van der Waals surface area contributed by atoms with Gasteiger partial charge in [0.15, 0.2) is 0 Å². The van der Waals surface area contributed by atoms with Crippen LogP contribution in [0.5, 0.6) is 0 Å². The van der Waals surface area contributed by atoms with Crippen molar-refractivity contribution in [3.8, 4) is 0 Å². The third-order valence-electron chi connectivity index (χ3n) is 3.03. The van der Waals surface area contributed by atoms with Gasteiger partial charge in [-0.3, -0.25) is 0 Å². The predicted molar refractivity (Wildman–Crippen MR) is 80.7 cm³/mol. The molecule has 0 radical (unpaired) electrons. The van der Waals surface area contributed by atoms with E-state index in [-0.39, 0.29) is 0 Å². The van der Waals surface area contributed by atoms with Crippen LogP contribution in [0.3, 0.4) is 0 Å². The summed E-state index contributed by atoms with van der Waals surface area (Å²) in [6.45, 7) is 3.50. The molecule has 0 saturated heterocycles. The van der Waals surface area contributed by atoms with E-state index < -0.39 is 0 Å². The molecule has 2 aromatic carbocycles. The molecule has 0 amide bonds. The quantitative estimate of drug-likeness (QED) is 0.873. The average Bonchev–Trinajstić information content (AvgIpc) is 2.38. The Kier molecular flexibility index (Phi) is 4.83. The van der Waals surface area contributed by atoms with E-state index in [1.54, 1.807) is 7.11 Å². The zero-order chi connectivity index (χ0) is 13.7. The van der Waals surface area contributed by atoms with Crippen LogP contribution in [0.1, 0.15) is 16.7 Å². The lowest BCUT2D eigenvalue weighted by molar-refractivity contribution is 0.185. The Hall–Kier alpha value is -1.51. The number of hydrogen-bond donors (Lipinski definition) is 1. The van der Waals surface area contributed by atoms with Gasteiger partial charge in [0, 0.05) is 24.4 Å². The highest BCUT2D eigenvalue weighted by atomic mass is 35.5. The van der Waals surface area contributed by atoms with E-state index in [1.165, 1.54) is 16.7 Å². The van der Waals surface area contributed by atoms with Gasteiger partial charge in [0.1, 0.15) is 0 Å². The van der Waals surface area contributed by atoms with Crippen LogP contribution in [-0.4, -0.2) is 7.11 Å². The van der Waals surface area contributed by atoms with E-state index in [0.29, 0.717) is 6.61 Å². The van der Waals surface area contributed by atoms with E-state index in [0.717, 1.165) is 17.3 Å². The third-order valence-corrected chi connectivity index (χ3v) is 3.26. The number of halogens is 1. The first-order valence-electron chi connectivity index (χ1n) is 6.26. The lowest BCUT2D eigenvalue weighted by atomic mass is 10.1. The van der Waals surface area contributed by atoms with Crippen molar-refractivity contribution in [2.75, 3.05) is 12.4 Å². The molecule has 2 aromatic rings. The molecule has 0 aliphatic heterocycles. The van der Waals surface area contributed by atoms with Gasteiger partial charge in [-0.1, -0.05) is 29.8 Å². The van der Waals surface area contributed by atoms with Gasteiger partial charge < -0.3 is 10.1 Å². The molecular weight excluding hydrogens is 258 g/mol. The molecule has 100 valence electrons. The highest BCUT2D eigenvalue weighted by Crippen LogP contribution is 2.17. The molecule has 0 atom stereocenters. The van der Waals surface area contributed by atoms with Crippen LogP contribution in [0.2, 0.25) is 5.02 Å². The predicted octanol–water partition coefficient (Wildman–Crippen LogP) is 4.41. The fourth-order valence-corrected chi connectivity index (χ4v) is 2.22. The van der Waals surface area contributed by atoms with Crippen LogP contribution in [0, 0.1) is 6.92 Å². The summed E-state index contributed by atoms with van der Waals surface area (Å²) in [5.74, 6) is 0. The molecule has 0 fully saturated rings. The molecule has 1 N–H and O–H groups in total. The fraction of sp³-hybridized carbons (Fsp3) is 0.250. The Morgan fingerprint density at radius 3 is 2.74 bits per heavy atom. The zero-order valence-electron chi connectivity index (χ0n) is 11.2. The summed E-state index contributed by atoms with van der Waals surface area (Å²) in [6, 6.07) is 14.2. The number of nitrogens with one attached hydrogen (secondary N) is 1. The van der Waals surface area contributed by atoms with Crippen LogP contribution in [-0.2, 0) is 17.9 Å². The molecule has 0 aromatic heterocycles. The number of hydrogen-bond acceptors (Lipinski definition) is 2. The number of benzene rings is 2. The maximum Gasteiger partial charge on any atom is 0.0713 e. The van der Waals surface area contributed by atoms with Crippen LogP contribution < -0.4 is 5.32 Å². The molecule has 0 bridgehead atoms. The van der Waals surface area contributed by atoms with Crippen LogP contribution in [0.25, 0.3) is 0 Å². The second kappa shape index (κ2) is 6.60. The molecule has 0 unspecified atom stereocenters. The van der Waals surface area contributed by atoms with Crippen LogP contribution in [0.4, 0.5) is 5.69 Å². The second-order valence-electron chi connectivity index (χ2n) is 4.56. The van der Waals surface area contributed by atoms with E-state index in [9.17, 15) is 0 Å². The maximum absolute atomic E-state index is 5.96. The SMILES string of the molecule is COCc1cccc(NCc2ccc(Cl)cc2C)c1. The van der Waals surface area contributed by atoms with Crippen molar-refractivity contribution in [2.24, 2.45) is 0 Å². The number of anilines is 1. The topological polar surface area (TPSA) is 21.3 Å². The summed E-state index contributed by atoms with van der Waals surface area (Å²) in [7, 11) is 1.71. The van der Waals surface area contributed by atoms with E-state index >= 15 is 0 Å². The van der Waals surface area contributed by atoms with E-state index in [1.807, 2.05) is 18.2 Å². The highest BCUT2D eigenvalue weighted by molar-refractivity contribution is 6.30. The maximum atomic E-state index is 5.96. The molecule has 0 heterocycles. The lowest BCUT2D eigenvalue weighted by Gasteiger charge is -2.10. The van der Waals surface area contributed by atoms with Crippen molar-refractivity contribution >= 4 is 17.3 Å². The fourth-order valence-electron chi connectivity index (χ4n) is 1.99. The van der Waals surface area contributed by atoms with Gasteiger partial charge in [-0.05, 0) is 47.9 Å². The molecule has 2 rings (SSSR count). The molecule has 2 nitrogen and oxygen atoms in total. The summed E-state index contributed by atoms with van der Waals surface area (Å²) in [5, 5.41) is 4.20. The molecule has 0 spiro atoms. The van der Waals surface area contributed by atoms with Gasteiger partial charge in [-0.2, -0.15) is 0 Å². The number of rotatable bonds is 5. The molecule has 0 aliphatic carbocycles. The van der Waals surface area contributed by atoms with Crippen LogP contribution in [0.15, 0.2) is 42.5 Å². The van der Waals surface area contributed by atoms with Crippen molar-refractivity contribution in [1.82, 2.24) is 0 Å². The summed E-state index contributed by atoms with van der Waals surface area (Å²) in [5.41, 5.74) is 4.72. The first-order valence-corrected chi connectivity index (χ1v) is 6.63. The normalized spacial score (nSPS) is 10.5. The van der Waals surface area contributed by atoms with Gasteiger partial charge in [0.25, 0.3) is 0 Å². The summed E-state index contributed by atoms with van der Waals surface area (Å²) in [6.07, 6.45) is 0. The molecule has 19 heavy (non-hydrogen) atoms. The summed E-state index contributed by atoms with van der Waals surface area (Å²) < 4.78 is 5.14. The third kappa shape index (κ3) is 3.98. The van der Waals surface area contributed by atoms with E-state index in [4.69, 9.17) is 16.3 Å². The zero-order valence-corrected chi connectivity index (χ0v) is 12.0. The Morgan fingerprint density at radius 1 is 1.16 bits per heavy atom. The number of ether oxygens (including phenoxy) is 1. The Bertz CT molecular complexity index is 554. The van der Waals surface area contributed by atoms with Crippen molar-refractivity contribution in [2.45, 2.75) is 20.1 Å². The Balaban J connectivity index is 2.03. The molecule has 0 saturated carbocycles. The number of aryl methyl sites for hydroxylation is 1. The van der Waals surface area contributed by atoms with Gasteiger partial charge in [-0.25, -0.2) is 0 Å². The molecule has 0 aliphatic rings. The average molecular weight is 276 g/mol. The van der Waals surface area contributed by atoms with Crippen molar-refractivity contribution in [1.29, 1.82) is 0 Å². The van der Waals surface area contributed by atoms with Gasteiger partial charge in [0.05, 0.1) is 6.61 Å². The molecule has 3 heteroatoms. The minimum absolute atomic E-state index is 0.634. The van der Waals surface area contributed by atoms with Gasteiger partial charge >= 0.3 is 0 Å². The van der Waals surface area contributed by atoms with Crippen LogP contribution >= 0.6 is 11.6 Å². The first-order chi connectivity index (χ1) is 9.19. The summed E-state index contributed by atoms with van der Waals surface area (Å²) >= 11 is 5.96. The second-order valence-corrected chi connectivity index (χ2v) is 4.99. The Labute approximate surface area is 119 Å². The van der Waals surface area contributed by atoms with Crippen molar-refractivity contribution in [3.05, 3.63) is 64.2 Å². The molecular formula is C16H18ClNO. The van der Waals surface area contributed by atoms with Gasteiger partial charge in [-0.15, -0.1) is 0 Å². The largest absolute Gasteiger partial charge is 0.381 e.